The highest BCUT2D eigenvalue weighted by atomic mass is 16.1. The summed E-state index contributed by atoms with van der Waals surface area (Å²) in [5.74, 6) is 0.189. The van der Waals surface area contributed by atoms with Gasteiger partial charge in [-0.2, -0.15) is 0 Å². The third kappa shape index (κ3) is 4.64. The average Bonchev–Trinajstić information content (AvgIpc) is 3.15. The molecule has 2 N–H and O–H groups in total. The molecule has 4 aromatic rings. The Kier molecular flexibility index (Phi) is 5.80. The molecule has 2 aromatic heterocycles. The second-order valence-corrected chi connectivity index (χ2v) is 7.72. The molecule has 0 aliphatic carbocycles. The predicted molar refractivity (Wildman–Crippen MR) is 122 cm³/mol. The van der Waals surface area contributed by atoms with Gasteiger partial charge in [0.25, 0.3) is 11.1 Å². The fraction of sp³-hybridized carbons (Fsp3) is 0.160. The van der Waals surface area contributed by atoms with E-state index < -0.39 is 0 Å². The highest BCUT2D eigenvalue weighted by Gasteiger charge is 2.13. The van der Waals surface area contributed by atoms with Crippen LogP contribution in [0.1, 0.15) is 42.3 Å². The molecule has 0 saturated carbocycles. The highest BCUT2D eigenvalue weighted by molar-refractivity contribution is 5.49. The minimum atomic E-state index is -0.367. The quantitative estimate of drug-likeness (QED) is 0.527. The molecule has 0 saturated heterocycles. The summed E-state index contributed by atoms with van der Waals surface area (Å²) in [5.41, 5.74) is 2.96. The Balaban J connectivity index is 1.77. The van der Waals surface area contributed by atoms with Crippen LogP contribution in [0.25, 0.3) is 12.2 Å². The summed E-state index contributed by atoms with van der Waals surface area (Å²) in [7, 11) is 0. The van der Waals surface area contributed by atoms with Gasteiger partial charge in [-0.05, 0) is 29.2 Å². The smallest absolute Gasteiger partial charge is 0.272 e. The summed E-state index contributed by atoms with van der Waals surface area (Å²) in [6.45, 7) is 4.86. The number of aromatic amines is 2. The van der Waals surface area contributed by atoms with Crippen LogP contribution >= 0.6 is 0 Å². The summed E-state index contributed by atoms with van der Waals surface area (Å²) in [6.07, 6.45) is 5.07. The molecule has 2 heterocycles. The van der Waals surface area contributed by atoms with Gasteiger partial charge in [-0.15, -0.1) is 0 Å². The van der Waals surface area contributed by atoms with Crippen molar-refractivity contribution in [3.63, 3.8) is 0 Å². The zero-order valence-electron chi connectivity index (χ0n) is 17.5. The Labute approximate surface area is 179 Å². The number of imidazole rings is 1. The summed E-state index contributed by atoms with van der Waals surface area (Å²) in [5, 5.41) is 0.397. The van der Waals surface area contributed by atoms with E-state index in [0.29, 0.717) is 12.2 Å². The molecule has 4 rings (SSSR count). The number of hydrogen-bond acceptors (Lipinski definition) is 3. The highest BCUT2D eigenvalue weighted by Crippen LogP contribution is 2.20. The maximum absolute atomic E-state index is 12.7. The standard InChI is InChI=1S/C25H24N4O2/c1-17(2)23-20(26-16-29(23)15-19-11-7-4-8-12-19)14-22-25(31)27-21(24(30)28-22)13-18-9-5-3-6-10-18/h3-14,16-17H,15H2,1-2H3,(H,27,31)(H,28,30). The van der Waals surface area contributed by atoms with Crippen LogP contribution < -0.4 is 21.8 Å². The third-order valence-corrected chi connectivity index (χ3v) is 5.03. The minimum Gasteiger partial charge on any atom is -0.329 e. The van der Waals surface area contributed by atoms with Crippen molar-refractivity contribution in [3.05, 3.63) is 121 Å². The topological polar surface area (TPSA) is 83.5 Å². The normalized spacial score (nSPS) is 12.6. The largest absolute Gasteiger partial charge is 0.329 e. The Bertz CT molecular complexity index is 1410. The fourth-order valence-corrected chi connectivity index (χ4v) is 3.60. The van der Waals surface area contributed by atoms with Crippen molar-refractivity contribution >= 4 is 12.2 Å². The zero-order chi connectivity index (χ0) is 21.8. The monoisotopic (exact) mass is 412 g/mol. The van der Waals surface area contributed by atoms with Crippen molar-refractivity contribution in [2.24, 2.45) is 0 Å². The number of nitrogens with one attached hydrogen (secondary N) is 2. The summed E-state index contributed by atoms with van der Waals surface area (Å²) in [6, 6.07) is 19.5. The Morgan fingerprint density at radius 3 is 2.06 bits per heavy atom. The number of nitrogens with zero attached hydrogens (tertiary/aromatic N) is 2. The first kappa shape index (κ1) is 20.3. The van der Waals surface area contributed by atoms with Crippen LogP contribution in [0.3, 0.4) is 0 Å². The van der Waals surface area contributed by atoms with Crippen molar-refractivity contribution in [2.45, 2.75) is 26.3 Å². The van der Waals surface area contributed by atoms with E-state index >= 15 is 0 Å². The third-order valence-electron chi connectivity index (χ3n) is 5.03. The summed E-state index contributed by atoms with van der Waals surface area (Å²) in [4.78, 5) is 35.1. The van der Waals surface area contributed by atoms with Gasteiger partial charge in [0.1, 0.15) is 10.7 Å². The number of benzene rings is 2. The van der Waals surface area contributed by atoms with Gasteiger partial charge in [-0.3, -0.25) is 9.59 Å². The van der Waals surface area contributed by atoms with E-state index in [1.54, 1.807) is 18.5 Å². The minimum absolute atomic E-state index is 0.182. The number of rotatable bonds is 5. The lowest BCUT2D eigenvalue weighted by atomic mass is 10.1. The second kappa shape index (κ2) is 8.83. The molecule has 0 radical (unpaired) electrons. The second-order valence-electron chi connectivity index (χ2n) is 7.72. The molecule has 0 spiro atoms. The van der Waals surface area contributed by atoms with Crippen LogP contribution in [0.5, 0.6) is 0 Å². The molecule has 6 nitrogen and oxygen atoms in total. The van der Waals surface area contributed by atoms with Crippen molar-refractivity contribution in [2.75, 3.05) is 0 Å². The lowest BCUT2D eigenvalue weighted by Crippen LogP contribution is -2.46. The van der Waals surface area contributed by atoms with Crippen LogP contribution in [0.2, 0.25) is 0 Å². The molecule has 31 heavy (non-hydrogen) atoms. The van der Waals surface area contributed by atoms with Crippen LogP contribution in [0.15, 0.2) is 76.6 Å². The maximum atomic E-state index is 12.7. The van der Waals surface area contributed by atoms with Crippen LogP contribution in [0.4, 0.5) is 0 Å². The lowest BCUT2D eigenvalue weighted by molar-refractivity contribution is 0.690. The molecule has 0 fully saturated rings. The maximum Gasteiger partial charge on any atom is 0.272 e. The van der Waals surface area contributed by atoms with E-state index in [1.807, 2.05) is 48.5 Å². The van der Waals surface area contributed by atoms with Gasteiger partial charge in [0, 0.05) is 12.2 Å². The molecule has 0 aliphatic rings. The van der Waals surface area contributed by atoms with Crippen LogP contribution in [-0.2, 0) is 6.54 Å². The van der Waals surface area contributed by atoms with Gasteiger partial charge >= 0.3 is 0 Å². The van der Waals surface area contributed by atoms with Gasteiger partial charge in [0.15, 0.2) is 0 Å². The van der Waals surface area contributed by atoms with Crippen molar-refractivity contribution in [1.29, 1.82) is 0 Å². The Morgan fingerprint density at radius 1 is 0.871 bits per heavy atom. The number of aromatic nitrogens is 4. The van der Waals surface area contributed by atoms with Gasteiger partial charge in [-0.25, -0.2) is 4.98 Å². The van der Waals surface area contributed by atoms with E-state index in [1.165, 1.54) is 5.56 Å². The van der Waals surface area contributed by atoms with Crippen molar-refractivity contribution < 1.29 is 0 Å². The zero-order valence-corrected chi connectivity index (χ0v) is 17.5. The molecular formula is C25H24N4O2. The Hall–Kier alpha value is -3.93. The average molecular weight is 412 g/mol. The van der Waals surface area contributed by atoms with Crippen molar-refractivity contribution in [1.82, 2.24) is 19.5 Å². The van der Waals surface area contributed by atoms with E-state index in [2.05, 4.69) is 45.5 Å². The van der Waals surface area contributed by atoms with Gasteiger partial charge in [0.05, 0.1) is 12.0 Å². The molecule has 0 bridgehead atoms. The van der Waals surface area contributed by atoms with E-state index in [-0.39, 0.29) is 27.7 Å². The van der Waals surface area contributed by atoms with E-state index in [9.17, 15) is 9.59 Å². The Morgan fingerprint density at radius 2 is 1.45 bits per heavy atom. The first-order valence-electron chi connectivity index (χ1n) is 10.2. The van der Waals surface area contributed by atoms with Crippen LogP contribution in [-0.4, -0.2) is 19.5 Å². The molecule has 0 atom stereocenters. The SMILES string of the molecule is CC(C)c1c(C=c2[nH]c(=O)c(=Cc3ccccc3)[nH]c2=O)ncn1Cc1ccccc1. The van der Waals surface area contributed by atoms with E-state index in [0.717, 1.165) is 11.3 Å². The molecule has 6 heteroatoms. The molecule has 0 unspecified atom stereocenters. The van der Waals surface area contributed by atoms with E-state index in [4.69, 9.17) is 0 Å². The first-order valence-corrected chi connectivity index (χ1v) is 10.2. The summed E-state index contributed by atoms with van der Waals surface area (Å²) < 4.78 is 2.08. The predicted octanol–water partition coefficient (Wildman–Crippen LogP) is 2.09. The first-order chi connectivity index (χ1) is 15.0. The molecular weight excluding hydrogens is 388 g/mol. The van der Waals surface area contributed by atoms with Crippen LogP contribution in [0, 0.1) is 0 Å². The van der Waals surface area contributed by atoms with Gasteiger partial charge in [0.2, 0.25) is 0 Å². The van der Waals surface area contributed by atoms with Gasteiger partial charge < -0.3 is 14.5 Å². The molecule has 2 aromatic carbocycles. The molecule has 0 aliphatic heterocycles. The summed E-state index contributed by atoms with van der Waals surface area (Å²) >= 11 is 0. The fourth-order valence-electron chi connectivity index (χ4n) is 3.60. The van der Waals surface area contributed by atoms with Gasteiger partial charge in [-0.1, -0.05) is 74.5 Å². The number of H-pyrrole nitrogens is 2. The number of hydrogen-bond donors (Lipinski definition) is 2. The lowest BCUT2D eigenvalue weighted by Gasteiger charge is -2.12. The van der Waals surface area contributed by atoms with Crippen molar-refractivity contribution in [3.8, 4) is 0 Å². The molecule has 156 valence electrons. The molecule has 0 amide bonds.